The molecule has 0 spiro atoms. The Morgan fingerprint density at radius 3 is 1.59 bits per heavy atom. The zero-order chi connectivity index (χ0) is 33.5. The molecule has 11 aromatic rings. The number of hydrogen-bond donors (Lipinski definition) is 0. The third kappa shape index (κ3) is 4.39. The van der Waals surface area contributed by atoms with E-state index in [2.05, 4.69) is 180 Å². The van der Waals surface area contributed by atoms with Gasteiger partial charge in [-0.25, -0.2) is 0 Å². The summed E-state index contributed by atoms with van der Waals surface area (Å²) in [6.45, 7) is 0. The predicted octanol–water partition coefficient (Wildman–Crippen LogP) is 14.5. The summed E-state index contributed by atoms with van der Waals surface area (Å²) in [7, 11) is 0. The van der Waals surface area contributed by atoms with E-state index in [0.29, 0.717) is 0 Å². The number of nitrogens with zero attached hydrogens (tertiary/aromatic N) is 1. The van der Waals surface area contributed by atoms with Gasteiger partial charge in [-0.3, -0.25) is 0 Å². The number of fused-ring (bicyclic) bond motifs is 10. The quantitative estimate of drug-likeness (QED) is 0.174. The van der Waals surface area contributed by atoms with Gasteiger partial charge in [-0.15, -0.1) is 22.7 Å². The Hall–Kier alpha value is -6.00. The van der Waals surface area contributed by atoms with Crippen LogP contribution in [0.5, 0.6) is 0 Å². The topological polar surface area (TPSA) is 4.93 Å². The van der Waals surface area contributed by atoms with Gasteiger partial charge in [-0.05, 0) is 63.7 Å². The second-order valence-electron chi connectivity index (χ2n) is 13.2. The largest absolute Gasteiger partial charge is 0.309 e. The highest BCUT2D eigenvalue weighted by molar-refractivity contribution is 7.27. The van der Waals surface area contributed by atoms with E-state index in [1.807, 2.05) is 22.7 Å². The molecule has 0 aliphatic heterocycles. The molecule has 0 bridgehead atoms. The lowest BCUT2D eigenvalue weighted by Gasteiger charge is -2.10. The fourth-order valence-corrected chi connectivity index (χ4v) is 10.7. The first-order valence-corrected chi connectivity index (χ1v) is 19.0. The highest BCUT2D eigenvalue weighted by atomic mass is 32.1. The molecule has 0 aliphatic carbocycles. The van der Waals surface area contributed by atoms with E-state index in [1.54, 1.807) is 0 Å². The van der Waals surface area contributed by atoms with E-state index in [-0.39, 0.29) is 0 Å². The molecule has 238 valence electrons. The van der Waals surface area contributed by atoms with Crippen LogP contribution < -0.4 is 0 Å². The molecule has 3 aromatic heterocycles. The van der Waals surface area contributed by atoms with Crippen LogP contribution >= 0.6 is 22.7 Å². The van der Waals surface area contributed by atoms with Crippen molar-refractivity contribution >= 4 is 84.8 Å². The van der Waals surface area contributed by atoms with Crippen LogP contribution in [0, 0.1) is 0 Å². The fraction of sp³-hybridized carbons (Fsp3) is 0. The van der Waals surface area contributed by atoms with Crippen LogP contribution in [0.3, 0.4) is 0 Å². The number of benzene rings is 8. The molecular formula is C48H29NS2. The van der Waals surface area contributed by atoms with Gasteiger partial charge in [0.05, 0.1) is 11.0 Å². The smallest absolute Gasteiger partial charge is 0.0555 e. The Labute approximate surface area is 302 Å². The molecule has 0 radical (unpaired) electrons. The van der Waals surface area contributed by atoms with Crippen molar-refractivity contribution in [3.63, 3.8) is 0 Å². The Bertz CT molecular complexity index is 3100. The van der Waals surface area contributed by atoms with E-state index in [1.165, 1.54) is 101 Å². The summed E-state index contributed by atoms with van der Waals surface area (Å²) >= 11 is 3.81. The summed E-state index contributed by atoms with van der Waals surface area (Å²) in [5, 5.41) is 7.95. The van der Waals surface area contributed by atoms with Gasteiger partial charge in [0.25, 0.3) is 0 Å². The molecule has 0 saturated carbocycles. The van der Waals surface area contributed by atoms with Crippen LogP contribution in [0.25, 0.3) is 101 Å². The molecule has 0 unspecified atom stereocenters. The molecule has 0 N–H and O–H groups in total. The molecule has 0 amide bonds. The number of para-hydroxylation sites is 1. The van der Waals surface area contributed by atoms with Gasteiger partial charge in [0.2, 0.25) is 0 Å². The van der Waals surface area contributed by atoms with Gasteiger partial charge >= 0.3 is 0 Å². The van der Waals surface area contributed by atoms with Crippen molar-refractivity contribution in [3.8, 4) is 39.1 Å². The number of hydrogen-bond acceptors (Lipinski definition) is 2. The van der Waals surface area contributed by atoms with Gasteiger partial charge in [0.15, 0.2) is 0 Å². The van der Waals surface area contributed by atoms with Crippen LogP contribution in [-0.2, 0) is 0 Å². The van der Waals surface area contributed by atoms with Crippen LogP contribution in [0.2, 0.25) is 0 Å². The molecule has 3 heterocycles. The highest BCUT2D eigenvalue weighted by Gasteiger charge is 2.18. The summed E-state index contributed by atoms with van der Waals surface area (Å²) in [6, 6.07) is 64.6. The van der Waals surface area contributed by atoms with Gasteiger partial charge in [-0.1, -0.05) is 146 Å². The van der Waals surface area contributed by atoms with E-state index < -0.39 is 0 Å². The second kappa shape index (κ2) is 11.3. The molecule has 3 heteroatoms. The molecule has 0 atom stereocenters. The van der Waals surface area contributed by atoms with Crippen LogP contribution in [-0.4, -0.2) is 4.57 Å². The number of thiophene rings is 2. The lowest BCUT2D eigenvalue weighted by atomic mass is 9.98. The van der Waals surface area contributed by atoms with Crippen molar-refractivity contribution in [2.45, 2.75) is 0 Å². The third-order valence-electron chi connectivity index (χ3n) is 10.4. The normalized spacial score (nSPS) is 11.9. The Kier molecular flexibility index (Phi) is 6.36. The minimum atomic E-state index is 1.18. The SMILES string of the molecule is c1ccc(-c2ccc(-c3cccc4c3sc3c(-c5ccc(-n6c7ccccc7c7c8sc9ccccc9c8ccc76)cc5)cccc34)cc2)cc1. The van der Waals surface area contributed by atoms with Crippen LogP contribution in [0.15, 0.2) is 176 Å². The summed E-state index contributed by atoms with van der Waals surface area (Å²) in [6.07, 6.45) is 0. The monoisotopic (exact) mass is 683 g/mol. The lowest BCUT2D eigenvalue weighted by Crippen LogP contribution is -1.93. The van der Waals surface area contributed by atoms with E-state index in [4.69, 9.17) is 0 Å². The summed E-state index contributed by atoms with van der Waals surface area (Å²) in [5.41, 5.74) is 11.2. The average Bonchev–Trinajstić information content (AvgIpc) is 3.88. The van der Waals surface area contributed by atoms with Gasteiger partial charge in [-0.2, -0.15) is 0 Å². The molecule has 1 nitrogen and oxygen atoms in total. The second-order valence-corrected chi connectivity index (χ2v) is 15.3. The molecule has 51 heavy (non-hydrogen) atoms. The van der Waals surface area contributed by atoms with Crippen LogP contribution in [0.1, 0.15) is 0 Å². The van der Waals surface area contributed by atoms with E-state index >= 15 is 0 Å². The van der Waals surface area contributed by atoms with Crippen molar-refractivity contribution < 1.29 is 0 Å². The first kappa shape index (κ1) is 28.8. The molecule has 11 rings (SSSR count). The highest BCUT2D eigenvalue weighted by Crippen LogP contribution is 2.45. The van der Waals surface area contributed by atoms with E-state index in [9.17, 15) is 0 Å². The molecule has 8 aromatic carbocycles. The standard InChI is InChI=1S/C48H29NS2/c1-2-10-30(11-3-1)31-20-22-32(23-21-31)35-14-8-16-38-39-17-9-15-36(47(39)51-46(35)38)33-24-26-34(27-25-33)49-42-18-6-4-13-41(42)45-43(49)29-28-40-37-12-5-7-19-44(37)50-48(40)45/h1-29H. The van der Waals surface area contributed by atoms with Gasteiger partial charge in [0.1, 0.15) is 0 Å². The zero-order valence-electron chi connectivity index (χ0n) is 27.5. The summed E-state index contributed by atoms with van der Waals surface area (Å²) in [4.78, 5) is 0. The zero-order valence-corrected chi connectivity index (χ0v) is 29.1. The van der Waals surface area contributed by atoms with Crippen molar-refractivity contribution in [2.24, 2.45) is 0 Å². The van der Waals surface area contributed by atoms with Gasteiger partial charge < -0.3 is 4.57 Å². The fourth-order valence-electron chi connectivity index (χ4n) is 8.05. The van der Waals surface area contributed by atoms with Crippen molar-refractivity contribution in [1.82, 2.24) is 4.57 Å². The third-order valence-corrected chi connectivity index (χ3v) is 12.9. The minimum absolute atomic E-state index is 1.18. The van der Waals surface area contributed by atoms with Crippen molar-refractivity contribution in [1.29, 1.82) is 0 Å². The lowest BCUT2D eigenvalue weighted by molar-refractivity contribution is 1.18. The van der Waals surface area contributed by atoms with Crippen molar-refractivity contribution in [3.05, 3.63) is 176 Å². The summed E-state index contributed by atoms with van der Waals surface area (Å²) in [5.74, 6) is 0. The molecule has 0 fully saturated rings. The van der Waals surface area contributed by atoms with E-state index in [0.717, 1.165) is 0 Å². The molecular weight excluding hydrogens is 655 g/mol. The minimum Gasteiger partial charge on any atom is -0.309 e. The maximum absolute atomic E-state index is 2.44. The molecule has 0 aliphatic rings. The molecule has 0 saturated heterocycles. The number of rotatable bonds is 4. The average molecular weight is 684 g/mol. The maximum Gasteiger partial charge on any atom is 0.0555 e. The first-order chi connectivity index (χ1) is 25.3. The Morgan fingerprint density at radius 2 is 0.863 bits per heavy atom. The van der Waals surface area contributed by atoms with Crippen LogP contribution in [0.4, 0.5) is 0 Å². The Morgan fingerprint density at radius 1 is 0.314 bits per heavy atom. The first-order valence-electron chi connectivity index (χ1n) is 17.3. The predicted molar refractivity (Wildman–Crippen MR) is 223 cm³/mol. The number of aromatic nitrogens is 1. The van der Waals surface area contributed by atoms with Crippen molar-refractivity contribution in [2.75, 3.05) is 0 Å². The maximum atomic E-state index is 2.44. The Balaban J connectivity index is 1.03. The summed E-state index contributed by atoms with van der Waals surface area (Å²) < 4.78 is 7.81. The van der Waals surface area contributed by atoms with Gasteiger partial charge in [0, 0.05) is 56.8 Å².